The second kappa shape index (κ2) is 5.04. The molecule has 0 amide bonds. The van der Waals surface area contributed by atoms with Crippen molar-refractivity contribution in [2.24, 2.45) is 0 Å². The van der Waals surface area contributed by atoms with Crippen molar-refractivity contribution < 1.29 is 9.90 Å². The van der Waals surface area contributed by atoms with E-state index in [0.717, 1.165) is 11.4 Å². The van der Waals surface area contributed by atoms with Crippen molar-refractivity contribution in [3.63, 3.8) is 0 Å². The van der Waals surface area contributed by atoms with E-state index in [1.165, 1.54) is 11.1 Å². The predicted molar refractivity (Wildman–Crippen MR) is 69.0 cm³/mol. The van der Waals surface area contributed by atoms with Gasteiger partial charge in [-0.3, -0.25) is 4.79 Å². The van der Waals surface area contributed by atoms with E-state index in [4.69, 9.17) is 5.11 Å². The summed E-state index contributed by atoms with van der Waals surface area (Å²) in [5.74, 6) is -0.796. The van der Waals surface area contributed by atoms with Gasteiger partial charge in [-0.1, -0.05) is 6.07 Å². The van der Waals surface area contributed by atoms with Crippen molar-refractivity contribution in [1.82, 2.24) is 9.78 Å². The summed E-state index contributed by atoms with van der Waals surface area (Å²) in [6.07, 6.45) is 2.44. The number of aryl methyl sites for hydroxylation is 3. The van der Waals surface area contributed by atoms with Gasteiger partial charge >= 0.3 is 5.97 Å². The first-order chi connectivity index (χ1) is 8.56. The number of carboxylic acid groups (broad SMARTS) is 1. The molecule has 0 saturated carbocycles. The van der Waals surface area contributed by atoms with E-state index in [1.807, 2.05) is 18.3 Å². The Labute approximate surface area is 106 Å². The Morgan fingerprint density at radius 1 is 1.28 bits per heavy atom. The molecule has 18 heavy (non-hydrogen) atoms. The molecule has 0 atom stereocenters. The number of benzene rings is 1. The van der Waals surface area contributed by atoms with Gasteiger partial charge in [0.15, 0.2) is 0 Å². The first-order valence-electron chi connectivity index (χ1n) is 5.90. The molecule has 1 aromatic heterocycles. The van der Waals surface area contributed by atoms with E-state index in [0.29, 0.717) is 6.42 Å². The molecule has 0 spiro atoms. The molecule has 0 aliphatic carbocycles. The van der Waals surface area contributed by atoms with Crippen LogP contribution < -0.4 is 0 Å². The van der Waals surface area contributed by atoms with Crippen LogP contribution in [0, 0.1) is 13.8 Å². The van der Waals surface area contributed by atoms with Crippen LogP contribution in [0.1, 0.15) is 23.2 Å². The molecule has 0 aliphatic heterocycles. The number of carboxylic acids is 1. The van der Waals surface area contributed by atoms with Crippen LogP contribution in [0.25, 0.3) is 5.69 Å². The molecule has 1 N–H and O–H groups in total. The Morgan fingerprint density at radius 3 is 2.72 bits per heavy atom. The Morgan fingerprint density at radius 2 is 2.06 bits per heavy atom. The first-order valence-corrected chi connectivity index (χ1v) is 5.90. The first kappa shape index (κ1) is 12.4. The number of carbonyl (C=O) groups is 1. The van der Waals surface area contributed by atoms with Gasteiger partial charge in [0.1, 0.15) is 0 Å². The summed E-state index contributed by atoms with van der Waals surface area (Å²) in [5.41, 5.74) is 4.27. The summed E-state index contributed by atoms with van der Waals surface area (Å²) >= 11 is 0. The average Bonchev–Trinajstić information content (AvgIpc) is 2.79. The number of rotatable bonds is 4. The van der Waals surface area contributed by atoms with E-state index in [2.05, 4.69) is 31.1 Å². The van der Waals surface area contributed by atoms with Crippen LogP contribution in [0.2, 0.25) is 0 Å². The van der Waals surface area contributed by atoms with E-state index >= 15 is 0 Å². The minimum atomic E-state index is -0.796. The van der Waals surface area contributed by atoms with Crippen molar-refractivity contribution in [1.29, 1.82) is 0 Å². The molecule has 0 aliphatic rings. The van der Waals surface area contributed by atoms with Gasteiger partial charge in [-0.05, 0) is 43.2 Å². The van der Waals surface area contributed by atoms with Crippen molar-refractivity contribution in [3.8, 4) is 5.69 Å². The Bertz CT molecular complexity index is 573. The molecule has 0 bridgehead atoms. The third kappa shape index (κ3) is 2.77. The van der Waals surface area contributed by atoms with Crippen LogP contribution in [-0.2, 0) is 11.2 Å². The number of aliphatic carboxylic acids is 1. The monoisotopic (exact) mass is 244 g/mol. The van der Waals surface area contributed by atoms with Crippen molar-refractivity contribution in [3.05, 3.63) is 47.3 Å². The normalized spacial score (nSPS) is 10.6. The van der Waals surface area contributed by atoms with Crippen LogP contribution in [0.15, 0.2) is 30.5 Å². The van der Waals surface area contributed by atoms with Crippen molar-refractivity contribution in [2.75, 3.05) is 0 Å². The van der Waals surface area contributed by atoms with Gasteiger partial charge in [0.2, 0.25) is 0 Å². The molecular weight excluding hydrogens is 228 g/mol. The standard InChI is InChI=1S/C14H16N2O2/c1-10-3-5-13(9-11(10)2)16-8-7-12(15-16)4-6-14(17)18/h3,5,7-9H,4,6H2,1-2H3,(H,17,18). The lowest BCUT2D eigenvalue weighted by Crippen LogP contribution is -2.00. The lowest BCUT2D eigenvalue weighted by molar-refractivity contribution is -0.136. The highest BCUT2D eigenvalue weighted by atomic mass is 16.4. The highest BCUT2D eigenvalue weighted by Gasteiger charge is 2.04. The van der Waals surface area contributed by atoms with Gasteiger partial charge < -0.3 is 5.11 Å². The predicted octanol–water partition coefficient (Wildman–Crippen LogP) is 2.51. The van der Waals surface area contributed by atoms with Gasteiger partial charge in [0, 0.05) is 12.6 Å². The third-order valence-corrected chi connectivity index (χ3v) is 2.99. The topological polar surface area (TPSA) is 55.1 Å². The molecule has 2 rings (SSSR count). The van der Waals surface area contributed by atoms with Gasteiger partial charge in [-0.25, -0.2) is 4.68 Å². The maximum Gasteiger partial charge on any atom is 0.303 e. The minimum Gasteiger partial charge on any atom is -0.481 e. The fourth-order valence-electron chi connectivity index (χ4n) is 1.74. The van der Waals surface area contributed by atoms with Crippen LogP contribution in [-0.4, -0.2) is 20.9 Å². The fourth-order valence-corrected chi connectivity index (χ4v) is 1.74. The van der Waals surface area contributed by atoms with Crippen LogP contribution in [0.4, 0.5) is 0 Å². The number of nitrogens with zero attached hydrogens (tertiary/aromatic N) is 2. The fraction of sp³-hybridized carbons (Fsp3) is 0.286. The lowest BCUT2D eigenvalue weighted by Gasteiger charge is -2.05. The second-order valence-corrected chi connectivity index (χ2v) is 4.41. The van der Waals surface area contributed by atoms with Crippen LogP contribution in [0.5, 0.6) is 0 Å². The zero-order valence-electron chi connectivity index (χ0n) is 10.6. The number of aromatic nitrogens is 2. The van der Waals surface area contributed by atoms with E-state index in [1.54, 1.807) is 4.68 Å². The quantitative estimate of drug-likeness (QED) is 0.899. The van der Waals surface area contributed by atoms with Crippen molar-refractivity contribution in [2.45, 2.75) is 26.7 Å². The molecule has 2 aromatic rings. The summed E-state index contributed by atoms with van der Waals surface area (Å²) in [5, 5.41) is 13.0. The maximum atomic E-state index is 10.5. The summed E-state index contributed by atoms with van der Waals surface area (Å²) < 4.78 is 1.78. The summed E-state index contributed by atoms with van der Waals surface area (Å²) in [6, 6.07) is 8.00. The zero-order valence-corrected chi connectivity index (χ0v) is 10.6. The molecule has 0 fully saturated rings. The molecule has 1 aromatic carbocycles. The highest BCUT2D eigenvalue weighted by molar-refractivity contribution is 5.66. The summed E-state index contributed by atoms with van der Waals surface area (Å²) in [6.45, 7) is 4.13. The smallest absolute Gasteiger partial charge is 0.303 e. The molecular formula is C14H16N2O2. The SMILES string of the molecule is Cc1ccc(-n2ccc(CCC(=O)O)n2)cc1C. The lowest BCUT2D eigenvalue weighted by atomic mass is 10.1. The van der Waals surface area contributed by atoms with Gasteiger partial charge in [-0.15, -0.1) is 0 Å². The second-order valence-electron chi connectivity index (χ2n) is 4.41. The summed E-state index contributed by atoms with van der Waals surface area (Å²) in [7, 11) is 0. The molecule has 4 heteroatoms. The van der Waals surface area contributed by atoms with Crippen LogP contribution in [0.3, 0.4) is 0 Å². The molecule has 94 valence electrons. The average molecular weight is 244 g/mol. The van der Waals surface area contributed by atoms with E-state index in [9.17, 15) is 4.79 Å². The summed E-state index contributed by atoms with van der Waals surface area (Å²) in [4.78, 5) is 10.5. The van der Waals surface area contributed by atoms with Gasteiger partial charge in [0.05, 0.1) is 17.8 Å². The highest BCUT2D eigenvalue weighted by Crippen LogP contribution is 2.14. The molecule has 0 unspecified atom stereocenters. The Hall–Kier alpha value is -2.10. The van der Waals surface area contributed by atoms with Crippen molar-refractivity contribution >= 4 is 5.97 Å². The zero-order chi connectivity index (χ0) is 13.1. The molecule has 0 saturated heterocycles. The molecule has 1 heterocycles. The Balaban J connectivity index is 2.18. The van der Waals surface area contributed by atoms with Crippen LogP contribution >= 0.6 is 0 Å². The minimum absolute atomic E-state index is 0.115. The molecule has 0 radical (unpaired) electrons. The third-order valence-electron chi connectivity index (χ3n) is 2.99. The van der Waals surface area contributed by atoms with E-state index in [-0.39, 0.29) is 6.42 Å². The maximum absolute atomic E-state index is 10.5. The number of hydrogen-bond donors (Lipinski definition) is 1. The van der Waals surface area contributed by atoms with Gasteiger partial charge in [-0.2, -0.15) is 5.10 Å². The Kier molecular flexibility index (Phi) is 3.46. The largest absolute Gasteiger partial charge is 0.481 e. The number of hydrogen-bond acceptors (Lipinski definition) is 2. The molecule has 4 nitrogen and oxygen atoms in total. The van der Waals surface area contributed by atoms with E-state index < -0.39 is 5.97 Å². The van der Waals surface area contributed by atoms with Gasteiger partial charge in [0.25, 0.3) is 0 Å².